The van der Waals surface area contributed by atoms with Gasteiger partial charge in [0.1, 0.15) is 0 Å². The highest BCUT2D eigenvalue weighted by Crippen LogP contribution is 2.24. The Hall–Kier alpha value is -3.33. The highest BCUT2D eigenvalue weighted by molar-refractivity contribution is 5.64. The molecule has 0 bridgehead atoms. The number of nitrogens with zero attached hydrogens (tertiary/aromatic N) is 2. The van der Waals surface area contributed by atoms with E-state index in [9.17, 15) is 0 Å². The first-order chi connectivity index (χ1) is 12.8. The summed E-state index contributed by atoms with van der Waals surface area (Å²) in [5.41, 5.74) is 6.74. The van der Waals surface area contributed by atoms with Gasteiger partial charge in [0.05, 0.1) is 11.4 Å². The molecular weight excluding hydrogens is 318 g/mol. The fourth-order valence-corrected chi connectivity index (χ4v) is 3.04. The van der Waals surface area contributed by atoms with Crippen molar-refractivity contribution in [3.8, 4) is 16.9 Å². The molecule has 26 heavy (non-hydrogen) atoms. The summed E-state index contributed by atoms with van der Waals surface area (Å²) in [6.45, 7) is 2.83. The summed E-state index contributed by atoms with van der Waals surface area (Å²) in [7, 11) is 0. The molecule has 1 heterocycles. The van der Waals surface area contributed by atoms with Crippen molar-refractivity contribution in [2.24, 2.45) is 0 Å². The van der Waals surface area contributed by atoms with Crippen molar-refractivity contribution in [3.63, 3.8) is 0 Å². The van der Waals surface area contributed by atoms with Crippen LogP contribution in [0.25, 0.3) is 16.9 Å². The van der Waals surface area contributed by atoms with Crippen LogP contribution in [-0.4, -0.2) is 9.78 Å². The summed E-state index contributed by atoms with van der Waals surface area (Å²) in [6, 6.07) is 29.0. The lowest BCUT2D eigenvalue weighted by molar-refractivity contribution is 0.883. The molecule has 0 fully saturated rings. The maximum Gasteiger partial charge on any atom is 0.0977 e. The van der Waals surface area contributed by atoms with Crippen LogP contribution in [0.3, 0.4) is 0 Å². The van der Waals surface area contributed by atoms with Gasteiger partial charge in [-0.05, 0) is 36.8 Å². The fourth-order valence-electron chi connectivity index (χ4n) is 3.04. The molecule has 0 aliphatic heterocycles. The third-order valence-corrected chi connectivity index (χ3v) is 4.36. The lowest BCUT2D eigenvalue weighted by atomic mass is 10.1. The van der Waals surface area contributed by atoms with E-state index in [-0.39, 0.29) is 0 Å². The van der Waals surface area contributed by atoms with Crippen LogP contribution in [0.15, 0.2) is 91.1 Å². The number of rotatable bonds is 5. The summed E-state index contributed by atoms with van der Waals surface area (Å²) < 4.78 is 1.95. The summed E-state index contributed by atoms with van der Waals surface area (Å²) >= 11 is 0. The van der Waals surface area contributed by atoms with Gasteiger partial charge in [-0.15, -0.1) is 0 Å². The molecule has 0 unspecified atom stereocenters. The number of hydrogen-bond acceptors (Lipinski definition) is 2. The molecular formula is C23H21N3. The van der Waals surface area contributed by atoms with Crippen LogP contribution in [0.2, 0.25) is 0 Å². The van der Waals surface area contributed by atoms with E-state index in [4.69, 9.17) is 5.10 Å². The Kier molecular flexibility index (Phi) is 4.52. The first-order valence-corrected chi connectivity index (χ1v) is 8.79. The van der Waals surface area contributed by atoms with Gasteiger partial charge < -0.3 is 5.32 Å². The summed E-state index contributed by atoms with van der Waals surface area (Å²) in [5, 5.41) is 8.38. The highest BCUT2D eigenvalue weighted by atomic mass is 15.3. The molecule has 4 rings (SSSR count). The van der Waals surface area contributed by atoms with Gasteiger partial charge in [0.15, 0.2) is 0 Å². The second-order valence-corrected chi connectivity index (χ2v) is 6.37. The number of aryl methyl sites for hydroxylation is 1. The lowest BCUT2D eigenvalue weighted by Gasteiger charge is -2.07. The van der Waals surface area contributed by atoms with E-state index in [0.29, 0.717) is 0 Å². The van der Waals surface area contributed by atoms with Crippen LogP contribution in [-0.2, 0) is 6.54 Å². The molecule has 1 aromatic heterocycles. The standard InChI is InChI=1S/C23H21N3/c1-18-9-8-12-21(15-18)24-16-20-17-26(22-13-6-3-7-14-22)25-23(20)19-10-4-2-5-11-19/h2-15,17,24H,16H2,1H3. The Morgan fingerprint density at radius 2 is 1.58 bits per heavy atom. The number of nitrogens with one attached hydrogen (secondary N) is 1. The van der Waals surface area contributed by atoms with Crippen molar-refractivity contribution in [1.82, 2.24) is 9.78 Å². The van der Waals surface area contributed by atoms with Crippen molar-refractivity contribution in [2.75, 3.05) is 5.32 Å². The molecule has 1 N–H and O–H groups in total. The van der Waals surface area contributed by atoms with Gasteiger partial charge in [-0.2, -0.15) is 5.10 Å². The van der Waals surface area contributed by atoms with Crippen LogP contribution in [0.1, 0.15) is 11.1 Å². The first kappa shape index (κ1) is 16.2. The number of hydrogen-bond donors (Lipinski definition) is 1. The quantitative estimate of drug-likeness (QED) is 0.523. The summed E-state index contributed by atoms with van der Waals surface area (Å²) in [6.07, 6.45) is 2.11. The minimum Gasteiger partial charge on any atom is -0.381 e. The average Bonchev–Trinajstić information content (AvgIpc) is 3.12. The predicted molar refractivity (Wildman–Crippen MR) is 108 cm³/mol. The normalized spacial score (nSPS) is 10.7. The van der Waals surface area contributed by atoms with Crippen LogP contribution < -0.4 is 5.32 Å². The van der Waals surface area contributed by atoms with Gasteiger partial charge in [0.2, 0.25) is 0 Å². The Morgan fingerprint density at radius 3 is 2.31 bits per heavy atom. The maximum absolute atomic E-state index is 4.86. The van der Waals surface area contributed by atoms with Crippen molar-refractivity contribution in [3.05, 3.63) is 102 Å². The van der Waals surface area contributed by atoms with Crippen LogP contribution >= 0.6 is 0 Å². The largest absolute Gasteiger partial charge is 0.381 e. The monoisotopic (exact) mass is 339 g/mol. The molecule has 3 aromatic carbocycles. The van der Waals surface area contributed by atoms with Crippen LogP contribution in [0, 0.1) is 6.92 Å². The zero-order chi connectivity index (χ0) is 17.8. The smallest absolute Gasteiger partial charge is 0.0977 e. The minimum atomic E-state index is 0.723. The Bertz CT molecular complexity index is 988. The molecule has 3 nitrogen and oxygen atoms in total. The van der Waals surface area contributed by atoms with E-state index in [1.807, 2.05) is 28.9 Å². The number of aromatic nitrogens is 2. The molecule has 0 saturated heterocycles. The van der Waals surface area contributed by atoms with Gasteiger partial charge in [0.25, 0.3) is 0 Å². The second kappa shape index (κ2) is 7.28. The van der Waals surface area contributed by atoms with Crippen molar-refractivity contribution >= 4 is 5.69 Å². The van der Waals surface area contributed by atoms with Gasteiger partial charge in [-0.25, -0.2) is 4.68 Å². The molecule has 0 aliphatic rings. The SMILES string of the molecule is Cc1cccc(NCc2cn(-c3ccccc3)nc2-c2ccccc2)c1. The molecule has 128 valence electrons. The maximum atomic E-state index is 4.86. The minimum absolute atomic E-state index is 0.723. The lowest BCUT2D eigenvalue weighted by Crippen LogP contribution is -2.00. The fraction of sp³-hybridized carbons (Fsp3) is 0.0870. The zero-order valence-electron chi connectivity index (χ0n) is 14.8. The van der Waals surface area contributed by atoms with Gasteiger partial charge >= 0.3 is 0 Å². The predicted octanol–water partition coefficient (Wildman–Crippen LogP) is 5.46. The van der Waals surface area contributed by atoms with E-state index in [2.05, 4.69) is 79.1 Å². The van der Waals surface area contributed by atoms with Crippen LogP contribution in [0.4, 0.5) is 5.69 Å². The van der Waals surface area contributed by atoms with Gasteiger partial charge in [-0.1, -0.05) is 60.7 Å². The zero-order valence-corrected chi connectivity index (χ0v) is 14.8. The van der Waals surface area contributed by atoms with Crippen molar-refractivity contribution in [1.29, 1.82) is 0 Å². The van der Waals surface area contributed by atoms with Crippen molar-refractivity contribution in [2.45, 2.75) is 13.5 Å². The van der Waals surface area contributed by atoms with E-state index < -0.39 is 0 Å². The molecule has 0 aliphatic carbocycles. The topological polar surface area (TPSA) is 29.9 Å². The van der Waals surface area contributed by atoms with E-state index in [0.717, 1.165) is 29.2 Å². The molecule has 0 radical (unpaired) electrons. The molecule has 0 saturated carbocycles. The number of para-hydroxylation sites is 1. The van der Waals surface area contributed by atoms with E-state index >= 15 is 0 Å². The molecule has 4 aromatic rings. The van der Waals surface area contributed by atoms with Gasteiger partial charge in [-0.3, -0.25) is 0 Å². The van der Waals surface area contributed by atoms with E-state index in [1.165, 1.54) is 11.1 Å². The molecule has 0 amide bonds. The highest BCUT2D eigenvalue weighted by Gasteiger charge is 2.12. The Labute approximate surface area is 153 Å². The summed E-state index contributed by atoms with van der Waals surface area (Å²) in [4.78, 5) is 0. The summed E-state index contributed by atoms with van der Waals surface area (Å²) in [5.74, 6) is 0. The van der Waals surface area contributed by atoms with Crippen molar-refractivity contribution < 1.29 is 0 Å². The molecule has 3 heteroatoms. The molecule has 0 atom stereocenters. The van der Waals surface area contributed by atoms with E-state index in [1.54, 1.807) is 0 Å². The van der Waals surface area contributed by atoms with Gasteiger partial charge in [0, 0.05) is 29.6 Å². The number of benzene rings is 3. The number of anilines is 1. The Balaban J connectivity index is 1.68. The Morgan fingerprint density at radius 1 is 0.846 bits per heavy atom. The average molecular weight is 339 g/mol. The third-order valence-electron chi connectivity index (χ3n) is 4.36. The first-order valence-electron chi connectivity index (χ1n) is 8.79. The second-order valence-electron chi connectivity index (χ2n) is 6.37. The third kappa shape index (κ3) is 3.52. The molecule has 0 spiro atoms. The van der Waals surface area contributed by atoms with Crippen LogP contribution in [0.5, 0.6) is 0 Å².